The van der Waals surface area contributed by atoms with Crippen LogP contribution in [0.3, 0.4) is 0 Å². The van der Waals surface area contributed by atoms with Gasteiger partial charge in [-0.05, 0) is 18.6 Å². The van der Waals surface area contributed by atoms with Gasteiger partial charge in [0.25, 0.3) is 0 Å². The maximum atomic E-state index is 5.38. The monoisotopic (exact) mass is 323 g/mol. The van der Waals surface area contributed by atoms with Crippen LogP contribution in [0, 0.1) is 0 Å². The van der Waals surface area contributed by atoms with Crippen molar-refractivity contribution < 1.29 is 4.74 Å². The Morgan fingerprint density at radius 2 is 1.83 bits per heavy atom. The average molecular weight is 323 g/mol. The topological polar surface area (TPSA) is 56.1 Å². The zero-order valence-corrected chi connectivity index (χ0v) is 13.9. The summed E-state index contributed by atoms with van der Waals surface area (Å²) in [6.07, 6.45) is 4.82. The molecule has 0 aliphatic carbocycles. The van der Waals surface area contributed by atoms with Crippen molar-refractivity contribution in [3.05, 3.63) is 36.7 Å². The third-order valence-electron chi connectivity index (χ3n) is 4.29. The smallest absolute Gasteiger partial charge is 0.225 e. The highest BCUT2D eigenvalue weighted by molar-refractivity contribution is 5.80. The number of ether oxygens (including phenoxy) is 1. The van der Waals surface area contributed by atoms with E-state index in [0.29, 0.717) is 0 Å². The zero-order chi connectivity index (χ0) is 16.4. The molecule has 0 spiro atoms. The lowest BCUT2D eigenvalue weighted by molar-refractivity contribution is 0.122. The molecule has 0 N–H and O–H groups in total. The summed E-state index contributed by atoms with van der Waals surface area (Å²) in [5, 5.41) is 0. The van der Waals surface area contributed by atoms with Crippen LogP contribution in [0.4, 0.5) is 5.95 Å². The lowest BCUT2D eigenvalue weighted by Gasteiger charge is -2.26. The Morgan fingerprint density at radius 1 is 1.08 bits per heavy atom. The number of fused-ring (bicyclic) bond motifs is 1. The van der Waals surface area contributed by atoms with Crippen LogP contribution in [0.15, 0.2) is 36.7 Å². The molecule has 4 rings (SSSR count). The van der Waals surface area contributed by atoms with Crippen molar-refractivity contribution >= 4 is 17.0 Å². The first kappa shape index (κ1) is 15.1. The Bertz CT molecular complexity index is 821. The van der Waals surface area contributed by atoms with Gasteiger partial charge in [-0.1, -0.05) is 19.1 Å². The van der Waals surface area contributed by atoms with Crippen molar-refractivity contribution in [1.82, 2.24) is 19.5 Å². The summed E-state index contributed by atoms with van der Waals surface area (Å²) >= 11 is 0. The van der Waals surface area contributed by atoms with Gasteiger partial charge in [-0.15, -0.1) is 0 Å². The van der Waals surface area contributed by atoms with E-state index in [1.165, 1.54) is 0 Å². The summed E-state index contributed by atoms with van der Waals surface area (Å²) in [7, 11) is 0. The fourth-order valence-electron chi connectivity index (χ4n) is 3.11. The highest BCUT2D eigenvalue weighted by atomic mass is 16.5. The van der Waals surface area contributed by atoms with Gasteiger partial charge in [0.1, 0.15) is 5.82 Å². The van der Waals surface area contributed by atoms with Crippen LogP contribution in [-0.2, 0) is 11.3 Å². The first-order valence-corrected chi connectivity index (χ1v) is 8.47. The molecular weight excluding hydrogens is 302 g/mol. The Morgan fingerprint density at radius 3 is 2.58 bits per heavy atom. The molecule has 1 saturated heterocycles. The largest absolute Gasteiger partial charge is 0.378 e. The van der Waals surface area contributed by atoms with Crippen molar-refractivity contribution in [3.8, 4) is 11.4 Å². The third kappa shape index (κ3) is 2.73. The van der Waals surface area contributed by atoms with E-state index in [4.69, 9.17) is 9.72 Å². The molecule has 1 aliphatic rings. The Labute approximate surface area is 141 Å². The quantitative estimate of drug-likeness (QED) is 0.739. The molecule has 1 fully saturated rings. The van der Waals surface area contributed by atoms with Crippen LogP contribution in [0.1, 0.15) is 13.3 Å². The van der Waals surface area contributed by atoms with Crippen molar-refractivity contribution in [2.75, 3.05) is 31.2 Å². The lowest BCUT2D eigenvalue weighted by atomic mass is 10.3. The molecule has 3 aromatic rings. The summed E-state index contributed by atoms with van der Waals surface area (Å²) in [4.78, 5) is 16.1. The van der Waals surface area contributed by atoms with Gasteiger partial charge in [-0.25, -0.2) is 15.0 Å². The minimum absolute atomic E-state index is 0.734. The van der Waals surface area contributed by atoms with E-state index in [9.17, 15) is 0 Å². The molecule has 3 heterocycles. The maximum Gasteiger partial charge on any atom is 0.225 e. The number of hydrogen-bond acceptors (Lipinski definition) is 5. The summed E-state index contributed by atoms with van der Waals surface area (Å²) in [6.45, 7) is 6.26. The lowest BCUT2D eigenvalue weighted by Crippen LogP contribution is -2.37. The van der Waals surface area contributed by atoms with E-state index in [2.05, 4.69) is 38.5 Å². The number of aromatic nitrogens is 4. The van der Waals surface area contributed by atoms with Gasteiger partial charge < -0.3 is 14.2 Å². The fraction of sp³-hybridized carbons (Fsp3) is 0.389. The number of benzene rings is 1. The van der Waals surface area contributed by atoms with Crippen LogP contribution in [-0.4, -0.2) is 45.8 Å². The number of imidazole rings is 1. The average Bonchev–Trinajstić information content (AvgIpc) is 3.02. The number of para-hydroxylation sites is 2. The molecule has 0 unspecified atom stereocenters. The predicted molar refractivity (Wildman–Crippen MR) is 94.1 cm³/mol. The highest BCUT2D eigenvalue weighted by Crippen LogP contribution is 2.25. The second-order valence-corrected chi connectivity index (χ2v) is 5.95. The van der Waals surface area contributed by atoms with Gasteiger partial charge >= 0.3 is 0 Å². The standard InChI is InChI=1S/C18H21N5O/c1-2-7-23-16-6-4-3-5-15(16)21-17(23)14-12-19-18(20-13-14)22-8-10-24-11-9-22/h3-6,12-13H,2,7-11H2,1H3. The molecule has 2 aromatic heterocycles. The SMILES string of the molecule is CCCn1c(-c2cnc(N3CCOCC3)nc2)nc2ccccc21. The molecular formula is C18H21N5O. The normalized spacial score (nSPS) is 15.1. The molecule has 0 amide bonds. The molecule has 0 radical (unpaired) electrons. The zero-order valence-electron chi connectivity index (χ0n) is 13.9. The number of morpholine rings is 1. The van der Waals surface area contributed by atoms with E-state index < -0.39 is 0 Å². The van der Waals surface area contributed by atoms with E-state index >= 15 is 0 Å². The van der Waals surface area contributed by atoms with E-state index in [-0.39, 0.29) is 0 Å². The number of aryl methyl sites for hydroxylation is 1. The van der Waals surface area contributed by atoms with Crippen molar-refractivity contribution in [2.45, 2.75) is 19.9 Å². The van der Waals surface area contributed by atoms with Crippen LogP contribution >= 0.6 is 0 Å². The summed E-state index contributed by atoms with van der Waals surface area (Å²) < 4.78 is 7.63. The van der Waals surface area contributed by atoms with E-state index in [0.717, 1.165) is 67.6 Å². The van der Waals surface area contributed by atoms with E-state index in [1.54, 1.807) is 0 Å². The van der Waals surface area contributed by atoms with Crippen molar-refractivity contribution in [2.24, 2.45) is 0 Å². The second kappa shape index (κ2) is 6.57. The van der Waals surface area contributed by atoms with Gasteiger partial charge in [0, 0.05) is 32.0 Å². The second-order valence-electron chi connectivity index (χ2n) is 5.95. The Balaban J connectivity index is 1.70. The van der Waals surface area contributed by atoms with Crippen LogP contribution in [0.5, 0.6) is 0 Å². The number of nitrogens with zero attached hydrogens (tertiary/aromatic N) is 5. The van der Waals surface area contributed by atoms with Gasteiger partial charge in [0.2, 0.25) is 5.95 Å². The number of hydrogen-bond donors (Lipinski definition) is 0. The molecule has 1 aliphatic heterocycles. The summed E-state index contributed by atoms with van der Waals surface area (Å²) in [5.74, 6) is 1.70. The van der Waals surface area contributed by atoms with Crippen LogP contribution < -0.4 is 4.90 Å². The first-order valence-electron chi connectivity index (χ1n) is 8.47. The highest BCUT2D eigenvalue weighted by Gasteiger charge is 2.16. The van der Waals surface area contributed by atoms with Crippen LogP contribution in [0.25, 0.3) is 22.4 Å². The molecule has 0 atom stereocenters. The predicted octanol–water partition coefficient (Wildman–Crippen LogP) is 2.74. The molecule has 1 aromatic carbocycles. The van der Waals surface area contributed by atoms with Crippen LogP contribution in [0.2, 0.25) is 0 Å². The number of rotatable bonds is 4. The minimum atomic E-state index is 0.734. The summed E-state index contributed by atoms with van der Waals surface area (Å²) in [5.41, 5.74) is 3.13. The third-order valence-corrected chi connectivity index (χ3v) is 4.29. The molecule has 6 nitrogen and oxygen atoms in total. The number of anilines is 1. The fourth-order valence-corrected chi connectivity index (χ4v) is 3.11. The van der Waals surface area contributed by atoms with Gasteiger partial charge in [0.05, 0.1) is 29.8 Å². The Kier molecular flexibility index (Phi) is 4.13. The van der Waals surface area contributed by atoms with Gasteiger partial charge in [-0.3, -0.25) is 0 Å². The first-order chi connectivity index (χ1) is 11.9. The molecule has 0 bridgehead atoms. The molecule has 24 heavy (non-hydrogen) atoms. The van der Waals surface area contributed by atoms with Gasteiger partial charge in [0.15, 0.2) is 0 Å². The van der Waals surface area contributed by atoms with Gasteiger partial charge in [-0.2, -0.15) is 0 Å². The molecule has 124 valence electrons. The van der Waals surface area contributed by atoms with Crippen molar-refractivity contribution in [3.63, 3.8) is 0 Å². The maximum absolute atomic E-state index is 5.38. The van der Waals surface area contributed by atoms with Crippen molar-refractivity contribution in [1.29, 1.82) is 0 Å². The minimum Gasteiger partial charge on any atom is -0.378 e. The van der Waals surface area contributed by atoms with E-state index in [1.807, 2.05) is 24.5 Å². The Hall–Kier alpha value is -2.47. The molecule has 6 heteroatoms. The summed E-state index contributed by atoms with van der Waals surface area (Å²) in [6, 6.07) is 8.24. The molecule has 0 saturated carbocycles.